The molecule has 0 saturated carbocycles. The van der Waals surface area contributed by atoms with E-state index < -0.39 is 6.10 Å². The normalized spacial score (nSPS) is 13.3. The van der Waals surface area contributed by atoms with Crippen molar-refractivity contribution in [3.05, 3.63) is 36.2 Å². The zero-order valence-electron chi connectivity index (χ0n) is 14.3. The topological polar surface area (TPSA) is 91.5 Å². The first-order chi connectivity index (χ1) is 11.5. The van der Waals surface area contributed by atoms with Crippen molar-refractivity contribution in [3.8, 4) is 11.4 Å². The lowest BCUT2D eigenvalue weighted by atomic mass is 10.2. The van der Waals surface area contributed by atoms with E-state index in [0.717, 1.165) is 5.56 Å². The van der Waals surface area contributed by atoms with Crippen molar-refractivity contribution in [1.29, 1.82) is 0 Å². The largest absolute Gasteiger partial charge is 0.393 e. The molecule has 130 valence electrons. The molecule has 0 fully saturated rings. The third-order valence-electron chi connectivity index (χ3n) is 3.68. The minimum absolute atomic E-state index is 0.0934. The third-order valence-corrected chi connectivity index (χ3v) is 3.68. The summed E-state index contributed by atoms with van der Waals surface area (Å²) in [6.45, 7) is 4.51. The molecule has 0 radical (unpaired) electrons. The molecule has 2 unspecified atom stereocenters. The maximum Gasteiger partial charge on any atom is 0.317 e. The van der Waals surface area contributed by atoms with Gasteiger partial charge in [0.2, 0.25) is 11.7 Å². The molecule has 0 aliphatic rings. The zero-order valence-corrected chi connectivity index (χ0v) is 14.3. The van der Waals surface area contributed by atoms with Gasteiger partial charge in [-0.3, -0.25) is 0 Å². The fourth-order valence-corrected chi connectivity index (χ4v) is 2.08. The smallest absolute Gasteiger partial charge is 0.317 e. The molecule has 0 aliphatic carbocycles. The third kappa shape index (κ3) is 5.06. The van der Waals surface area contributed by atoms with Crippen LogP contribution in [-0.4, -0.2) is 52.4 Å². The Morgan fingerprint density at radius 1 is 1.33 bits per heavy atom. The van der Waals surface area contributed by atoms with Crippen molar-refractivity contribution in [2.45, 2.75) is 32.3 Å². The van der Waals surface area contributed by atoms with Gasteiger partial charge in [0.15, 0.2) is 0 Å². The molecule has 2 N–H and O–H groups in total. The summed E-state index contributed by atoms with van der Waals surface area (Å²) in [5.41, 5.74) is 0.890. The monoisotopic (exact) mass is 332 g/mol. The van der Waals surface area contributed by atoms with Gasteiger partial charge in [-0.25, -0.2) is 4.79 Å². The summed E-state index contributed by atoms with van der Waals surface area (Å²) in [4.78, 5) is 17.9. The quantitative estimate of drug-likeness (QED) is 0.811. The number of hydrogen-bond acceptors (Lipinski definition) is 5. The average molecular weight is 332 g/mol. The predicted octanol–water partition coefficient (Wildman–Crippen LogP) is 2.25. The number of hydrogen-bond donors (Lipinski definition) is 2. The van der Waals surface area contributed by atoms with Crippen LogP contribution in [-0.2, 0) is 0 Å². The van der Waals surface area contributed by atoms with Gasteiger partial charge in [0.1, 0.15) is 0 Å². The van der Waals surface area contributed by atoms with E-state index in [1.54, 1.807) is 18.9 Å². The number of aromatic nitrogens is 2. The van der Waals surface area contributed by atoms with Crippen molar-refractivity contribution in [2.75, 3.05) is 20.1 Å². The molecular formula is C17H24N4O3. The van der Waals surface area contributed by atoms with Gasteiger partial charge in [0.25, 0.3) is 0 Å². The van der Waals surface area contributed by atoms with E-state index in [-0.39, 0.29) is 11.9 Å². The Balaban J connectivity index is 1.86. The van der Waals surface area contributed by atoms with Gasteiger partial charge in [-0.05, 0) is 13.3 Å². The predicted molar refractivity (Wildman–Crippen MR) is 90.5 cm³/mol. The van der Waals surface area contributed by atoms with E-state index >= 15 is 0 Å². The Labute approximate surface area is 141 Å². The van der Waals surface area contributed by atoms with Crippen LogP contribution in [0.15, 0.2) is 34.9 Å². The molecule has 2 atom stereocenters. The molecule has 7 nitrogen and oxygen atoms in total. The van der Waals surface area contributed by atoms with Gasteiger partial charge in [-0.2, -0.15) is 4.98 Å². The van der Waals surface area contributed by atoms with E-state index in [4.69, 9.17) is 4.52 Å². The second kappa shape index (κ2) is 8.44. The number of nitrogens with one attached hydrogen (secondary N) is 1. The number of nitrogens with zero attached hydrogens (tertiary/aromatic N) is 3. The highest BCUT2D eigenvalue weighted by Gasteiger charge is 2.17. The summed E-state index contributed by atoms with van der Waals surface area (Å²) >= 11 is 0. The summed E-state index contributed by atoms with van der Waals surface area (Å²) in [6, 6.07) is 9.40. The maximum atomic E-state index is 12.0. The molecule has 0 saturated heterocycles. The van der Waals surface area contributed by atoms with Gasteiger partial charge in [-0.15, -0.1) is 0 Å². The number of carbonyl (C=O) groups is 1. The summed E-state index contributed by atoms with van der Waals surface area (Å²) in [6.07, 6.45) is 0.123. The number of rotatable bonds is 7. The van der Waals surface area contributed by atoms with Crippen LogP contribution in [0.1, 0.15) is 32.1 Å². The van der Waals surface area contributed by atoms with Crippen LogP contribution in [0.2, 0.25) is 0 Å². The first-order valence-corrected chi connectivity index (χ1v) is 8.03. The van der Waals surface area contributed by atoms with E-state index in [2.05, 4.69) is 15.5 Å². The molecule has 7 heteroatoms. The minimum atomic E-state index is -0.422. The molecule has 24 heavy (non-hydrogen) atoms. The summed E-state index contributed by atoms with van der Waals surface area (Å²) in [5.74, 6) is 0.933. The Kier molecular flexibility index (Phi) is 6.31. The van der Waals surface area contributed by atoms with Crippen LogP contribution in [0.5, 0.6) is 0 Å². The van der Waals surface area contributed by atoms with Crippen molar-refractivity contribution in [2.24, 2.45) is 0 Å². The molecule has 2 aromatic rings. The average Bonchev–Trinajstić information content (AvgIpc) is 3.08. The summed E-state index contributed by atoms with van der Waals surface area (Å²) < 4.78 is 5.29. The zero-order chi connectivity index (χ0) is 17.5. The maximum absolute atomic E-state index is 12.0. The van der Waals surface area contributed by atoms with Gasteiger partial charge >= 0.3 is 6.03 Å². The lowest BCUT2D eigenvalue weighted by molar-refractivity contribution is 0.163. The number of aliphatic hydroxyl groups excluding tert-OH is 1. The SMILES string of the molecule is CC(O)CCN(C)C(=O)NCC(C)c1nc(-c2ccccc2)no1. The van der Waals surface area contributed by atoms with Gasteiger partial charge in [0, 0.05) is 25.7 Å². The Morgan fingerprint density at radius 3 is 2.71 bits per heavy atom. The van der Waals surface area contributed by atoms with E-state index in [1.165, 1.54) is 0 Å². The van der Waals surface area contributed by atoms with Crippen LogP contribution in [0, 0.1) is 0 Å². The number of benzene rings is 1. The molecule has 1 heterocycles. The Bertz CT molecular complexity index is 642. The molecule has 0 bridgehead atoms. The van der Waals surface area contributed by atoms with Crippen molar-refractivity contribution >= 4 is 6.03 Å². The lowest BCUT2D eigenvalue weighted by Crippen LogP contribution is -2.40. The fourth-order valence-electron chi connectivity index (χ4n) is 2.08. The molecule has 0 spiro atoms. The van der Waals surface area contributed by atoms with Crippen molar-refractivity contribution in [1.82, 2.24) is 20.4 Å². The molecule has 2 amide bonds. The number of aliphatic hydroxyl groups is 1. The molecule has 1 aromatic heterocycles. The van der Waals surface area contributed by atoms with Crippen LogP contribution >= 0.6 is 0 Å². The van der Waals surface area contributed by atoms with Gasteiger partial charge in [0.05, 0.1) is 12.0 Å². The van der Waals surface area contributed by atoms with E-state index in [0.29, 0.717) is 31.2 Å². The Morgan fingerprint density at radius 2 is 2.04 bits per heavy atom. The lowest BCUT2D eigenvalue weighted by Gasteiger charge is -2.19. The number of urea groups is 1. The van der Waals surface area contributed by atoms with Crippen molar-refractivity contribution < 1.29 is 14.4 Å². The molecule has 1 aromatic carbocycles. The van der Waals surface area contributed by atoms with Crippen LogP contribution in [0.3, 0.4) is 0 Å². The molecule has 0 aliphatic heterocycles. The second-order valence-corrected chi connectivity index (χ2v) is 5.97. The number of carbonyl (C=O) groups excluding carboxylic acids is 1. The fraction of sp³-hybridized carbons (Fsp3) is 0.471. The molecular weight excluding hydrogens is 308 g/mol. The first kappa shape index (κ1) is 17.9. The number of amides is 2. The highest BCUT2D eigenvalue weighted by atomic mass is 16.5. The molecule has 2 rings (SSSR count). The van der Waals surface area contributed by atoms with Gasteiger partial charge < -0.3 is 19.8 Å². The first-order valence-electron chi connectivity index (χ1n) is 8.03. The highest BCUT2D eigenvalue weighted by Crippen LogP contribution is 2.18. The minimum Gasteiger partial charge on any atom is -0.393 e. The van der Waals surface area contributed by atoms with Crippen LogP contribution in [0.25, 0.3) is 11.4 Å². The van der Waals surface area contributed by atoms with Crippen LogP contribution < -0.4 is 5.32 Å². The summed E-state index contributed by atoms with van der Waals surface area (Å²) in [5, 5.41) is 16.1. The standard InChI is InChI=1S/C17H24N4O3/c1-12(11-18-17(23)21(3)10-9-13(2)22)16-19-15(20-24-16)14-7-5-4-6-8-14/h4-8,12-13,22H,9-11H2,1-3H3,(H,18,23). The van der Waals surface area contributed by atoms with Gasteiger partial charge in [-0.1, -0.05) is 42.4 Å². The highest BCUT2D eigenvalue weighted by molar-refractivity contribution is 5.73. The second-order valence-electron chi connectivity index (χ2n) is 5.97. The van der Waals surface area contributed by atoms with E-state index in [9.17, 15) is 9.90 Å². The van der Waals surface area contributed by atoms with E-state index in [1.807, 2.05) is 37.3 Å². The Hall–Kier alpha value is -2.41. The van der Waals surface area contributed by atoms with Crippen LogP contribution in [0.4, 0.5) is 4.79 Å². The summed E-state index contributed by atoms with van der Waals surface area (Å²) in [7, 11) is 1.70. The van der Waals surface area contributed by atoms with Crippen molar-refractivity contribution in [3.63, 3.8) is 0 Å².